The van der Waals surface area contributed by atoms with E-state index >= 15 is 0 Å². The summed E-state index contributed by atoms with van der Waals surface area (Å²) in [5.41, 5.74) is 11.6. The van der Waals surface area contributed by atoms with Crippen molar-refractivity contribution in [1.29, 1.82) is 0 Å². The lowest BCUT2D eigenvalue weighted by atomic mass is 9.98. The lowest BCUT2D eigenvalue weighted by molar-refractivity contribution is -0.144. The molecule has 13 heteroatoms. The smallest absolute Gasteiger partial charge is 0.326 e. The molecule has 0 aliphatic heterocycles. The highest BCUT2D eigenvalue weighted by Gasteiger charge is 2.32. The number of H-pyrrole nitrogens is 1. The number of carboxylic acid groups (broad SMARTS) is 1. The van der Waals surface area contributed by atoms with Gasteiger partial charge < -0.3 is 42.6 Å². The molecule has 0 bridgehead atoms. The molecular formula is C21H37N7O6. The zero-order chi connectivity index (χ0) is 25.7. The normalized spacial score (nSPS) is 15.4. The second-order valence-corrected chi connectivity index (χ2v) is 8.19. The first-order valence-corrected chi connectivity index (χ1v) is 11.3. The van der Waals surface area contributed by atoms with E-state index in [1.807, 2.05) is 6.92 Å². The predicted octanol–water partition coefficient (Wildman–Crippen LogP) is -2.01. The van der Waals surface area contributed by atoms with Gasteiger partial charge in [0.2, 0.25) is 17.7 Å². The number of unbranched alkanes of at least 4 members (excludes halogenated alkanes) is 1. The molecule has 0 radical (unpaired) electrons. The number of hydrogen-bond acceptors (Lipinski definition) is 8. The molecule has 34 heavy (non-hydrogen) atoms. The van der Waals surface area contributed by atoms with Crippen LogP contribution < -0.4 is 27.4 Å². The van der Waals surface area contributed by atoms with E-state index in [-0.39, 0.29) is 18.8 Å². The molecule has 13 nitrogen and oxygen atoms in total. The minimum atomic E-state index is -1.23. The molecule has 1 aromatic rings. The van der Waals surface area contributed by atoms with Crippen LogP contribution in [0, 0.1) is 5.92 Å². The summed E-state index contributed by atoms with van der Waals surface area (Å²) in [5.74, 6) is -3.55. The fraction of sp³-hybridized carbons (Fsp3) is 0.667. The predicted molar refractivity (Wildman–Crippen MR) is 123 cm³/mol. The van der Waals surface area contributed by atoms with Crippen molar-refractivity contribution in [2.45, 2.75) is 70.1 Å². The maximum Gasteiger partial charge on any atom is 0.326 e. The van der Waals surface area contributed by atoms with E-state index in [1.54, 1.807) is 6.92 Å². The van der Waals surface area contributed by atoms with Crippen molar-refractivity contribution in [3.05, 3.63) is 18.2 Å². The zero-order valence-electron chi connectivity index (χ0n) is 19.6. The number of amides is 3. The third-order valence-electron chi connectivity index (χ3n) is 5.50. The number of carboxylic acids is 1. The molecule has 1 heterocycles. The molecule has 0 fully saturated rings. The Balaban J connectivity index is 3.04. The number of nitrogens with one attached hydrogen (secondary N) is 4. The molecule has 5 unspecified atom stereocenters. The Labute approximate surface area is 198 Å². The van der Waals surface area contributed by atoms with Crippen LogP contribution in [0.4, 0.5) is 0 Å². The first kappa shape index (κ1) is 29.0. The molecule has 5 atom stereocenters. The third kappa shape index (κ3) is 9.45. The van der Waals surface area contributed by atoms with Crippen molar-refractivity contribution in [2.75, 3.05) is 13.2 Å². The average Bonchev–Trinajstić information content (AvgIpc) is 3.33. The van der Waals surface area contributed by atoms with Crippen molar-refractivity contribution < 1.29 is 29.4 Å². The lowest BCUT2D eigenvalue weighted by Gasteiger charge is -2.26. The number of aliphatic hydroxyl groups excluding tert-OH is 1. The summed E-state index contributed by atoms with van der Waals surface area (Å²) in [5, 5.41) is 26.2. The lowest BCUT2D eigenvalue weighted by Crippen LogP contribution is -2.58. The molecule has 192 valence electrons. The number of aliphatic hydroxyl groups is 1. The Hall–Kier alpha value is -3.03. The number of nitrogens with zero attached hydrogens (tertiary/aromatic N) is 1. The topological polar surface area (TPSA) is 226 Å². The van der Waals surface area contributed by atoms with Crippen LogP contribution in [0.3, 0.4) is 0 Å². The van der Waals surface area contributed by atoms with Crippen molar-refractivity contribution in [3.63, 3.8) is 0 Å². The van der Waals surface area contributed by atoms with Crippen molar-refractivity contribution >= 4 is 23.7 Å². The zero-order valence-corrected chi connectivity index (χ0v) is 19.6. The summed E-state index contributed by atoms with van der Waals surface area (Å²) in [6.45, 7) is 3.31. The second kappa shape index (κ2) is 15.0. The molecule has 1 aromatic heterocycles. The first-order valence-electron chi connectivity index (χ1n) is 11.3. The minimum Gasteiger partial charge on any atom is -0.480 e. The monoisotopic (exact) mass is 483 g/mol. The van der Waals surface area contributed by atoms with E-state index in [0.717, 1.165) is 0 Å². The average molecular weight is 484 g/mol. The summed E-state index contributed by atoms with van der Waals surface area (Å²) in [7, 11) is 0. The highest BCUT2D eigenvalue weighted by Crippen LogP contribution is 2.10. The van der Waals surface area contributed by atoms with Gasteiger partial charge in [-0.1, -0.05) is 20.3 Å². The molecule has 0 saturated heterocycles. The molecule has 0 aromatic carbocycles. The fourth-order valence-corrected chi connectivity index (χ4v) is 3.16. The van der Waals surface area contributed by atoms with E-state index in [9.17, 15) is 24.3 Å². The van der Waals surface area contributed by atoms with E-state index in [2.05, 4.69) is 25.9 Å². The quantitative estimate of drug-likeness (QED) is 0.121. The van der Waals surface area contributed by atoms with Crippen LogP contribution in [0.5, 0.6) is 0 Å². The maximum atomic E-state index is 13.1. The maximum absolute atomic E-state index is 13.1. The number of rotatable bonds is 16. The second-order valence-electron chi connectivity index (χ2n) is 8.19. The van der Waals surface area contributed by atoms with Crippen molar-refractivity contribution in [1.82, 2.24) is 25.9 Å². The van der Waals surface area contributed by atoms with Crippen LogP contribution in [0.25, 0.3) is 0 Å². The van der Waals surface area contributed by atoms with Gasteiger partial charge in [-0.05, 0) is 31.7 Å². The van der Waals surface area contributed by atoms with E-state index in [0.29, 0.717) is 31.5 Å². The van der Waals surface area contributed by atoms with Crippen LogP contribution in [-0.4, -0.2) is 81.2 Å². The summed E-state index contributed by atoms with van der Waals surface area (Å²) >= 11 is 0. The Kier molecular flexibility index (Phi) is 12.8. The van der Waals surface area contributed by atoms with Gasteiger partial charge in [0, 0.05) is 18.3 Å². The van der Waals surface area contributed by atoms with Gasteiger partial charge in [-0.15, -0.1) is 0 Å². The van der Waals surface area contributed by atoms with Gasteiger partial charge in [-0.25, -0.2) is 9.78 Å². The van der Waals surface area contributed by atoms with Crippen LogP contribution in [-0.2, 0) is 25.6 Å². The van der Waals surface area contributed by atoms with Gasteiger partial charge in [-0.2, -0.15) is 0 Å². The number of aromatic nitrogens is 2. The number of carbonyl (C=O) groups excluding carboxylic acids is 3. The summed E-state index contributed by atoms with van der Waals surface area (Å²) in [4.78, 5) is 56.6. The Bertz CT molecular complexity index is 789. The van der Waals surface area contributed by atoms with Gasteiger partial charge in [0.15, 0.2) is 0 Å². The standard InChI is InChI=1S/C21H37N7O6/c1-3-12(2)17(21(33)34)28-19(31)15(6-4-5-7-22)26-20(32)16(8-13-9-24-11-25-13)27-18(30)14(23)10-29/h9,11-12,14-17,29H,3-8,10,22-23H2,1-2H3,(H,24,25)(H,26,32)(H,27,30)(H,28,31)(H,33,34). The van der Waals surface area contributed by atoms with Crippen LogP contribution >= 0.6 is 0 Å². The van der Waals surface area contributed by atoms with Crippen molar-refractivity contribution in [2.24, 2.45) is 17.4 Å². The number of carbonyl (C=O) groups is 4. The molecule has 3 amide bonds. The Morgan fingerprint density at radius 2 is 1.74 bits per heavy atom. The first-order chi connectivity index (χ1) is 16.1. The van der Waals surface area contributed by atoms with Crippen LogP contribution in [0.15, 0.2) is 12.5 Å². The Morgan fingerprint density at radius 3 is 2.26 bits per heavy atom. The Morgan fingerprint density at radius 1 is 1.09 bits per heavy atom. The van der Waals surface area contributed by atoms with E-state index in [1.165, 1.54) is 12.5 Å². The fourth-order valence-electron chi connectivity index (χ4n) is 3.16. The number of nitrogens with two attached hydrogens (primary N) is 2. The van der Waals surface area contributed by atoms with Gasteiger partial charge in [0.05, 0.1) is 12.9 Å². The molecular weight excluding hydrogens is 446 g/mol. The van der Waals surface area contributed by atoms with E-state index < -0.39 is 54.5 Å². The van der Waals surface area contributed by atoms with Gasteiger partial charge in [-0.3, -0.25) is 14.4 Å². The number of hydrogen-bond donors (Lipinski definition) is 8. The number of aromatic amines is 1. The van der Waals surface area contributed by atoms with Gasteiger partial charge >= 0.3 is 5.97 Å². The summed E-state index contributed by atoms with van der Waals surface area (Å²) < 4.78 is 0. The highest BCUT2D eigenvalue weighted by atomic mass is 16.4. The van der Waals surface area contributed by atoms with E-state index in [4.69, 9.17) is 16.6 Å². The highest BCUT2D eigenvalue weighted by molar-refractivity contribution is 5.94. The van der Waals surface area contributed by atoms with Crippen molar-refractivity contribution in [3.8, 4) is 0 Å². The molecule has 10 N–H and O–H groups in total. The van der Waals surface area contributed by atoms with Crippen LogP contribution in [0.2, 0.25) is 0 Å². The SMILES string of the molecule is CCC(C)C(NC(=O)C(CCCCN)NC(=O)C(Cc1cnc[nH]1)NC(=O)C(N)CO)C(=O)O. The molecule has 0 spiro atoms. The molecule has 0 aliphatic carbocycles. The molecule has 1 rings (SSSR count). The summed E-state index contributed by atoms with van der Waals surface area (Å²) in [6, 6.07) is -4.51. The van der Waals surface area contributed by atoms with Gasteiger partial charge in [0.25, 0.3) is 0 Å². The summed E-state index contributed by atoms with van der Waals surface area (Å²) in [6.07, 6.45) is 4.80. The third-order valence-corrected chi connectivity index (χ3v) is 5.50. The molecule has 0 aliphatic rings. The van der Waals surface area contributed by atoms with Crippen LogP contribution in [0.1, 0.15) is 45.2 Å². The molecule has 0 saturated carbocycles. The minimum absolute atomic E-state index is 0.0253. The number of aliphatic carboxylic acids is 1. The van der Waals surface area contributed by atoms with Gasteiger partial charge in [0.1, 0.15) is 24.2 Å². The number of imidazole rings is 1. The largest absolute Gasteiger partial charge is 0.480 e.